The highest BCUT2D eigenvalue weighted by molar-refractivity contribution is 5.81. The highest BCUT2D eigenvalue weighted by atomic mass is 19.1. The third kappa shape index (κ3) is 9.78. The van der Waals surface area contributed by atoms with Crippen molar-refractivity contribution in [3.05, 3.63) is 47.8 Å². The van der Waals surface area contributed by atoms with Gasteiger partial charge in [0.2, 0.25) is 0 Å². The molecule has 1 N–H and O–H groups in total. The molecule has 0 spiro atoms. The number of halogens is 1. The van der Waals surface area contributed by atoms with Crippen LogP contribution < -0.4 is 5.32 Å². The SMILES string of the molecule is COC(=O)C=CCN(CCNC(=O)OC(C)(C)C)Cc1ccc(F)cc1. The van der Waals surface area contributed by atoms with E-state index < -0.39 is 17.7 Å². The van der Waals surface area contributed by atoms with Crippen molar-refractivity contribution in [1.29, 1.82) is 0 Å². The second-order valence-corrected chi connectivity index (χ2v) is 6.72. The monoisotopic (exact) mass is 366 g/mol. The first-order chi connectivity index (χ1) is 12.2. The van der Waals surface area contributed by atoms with E-state index in [-0.39, 0.29) is 5.82 Å². The van der Waals surface area contributed by atoms with Crippen molar-refractivity contribution in [1.82, 2.24) is 10.2 Å². The number of nitrogens with one attached hydrogen (secondary N) is 1. The Labute approximate surface area is 154 Å². The molecule has 7 heteroatoms. The fourth-order valence-electron chi connectivity index (χ4n) is 2.08. The van der Waals surface area contributed by atoms with E-state index in [9.17, 15) is 14.0 Å². The number of carbonyl (C=O) groups excluding carboxylic acids is 2. The molecule has 0 unspecified atom stereocenters. The van der Waals surface area contributed by atoms with Gasteiger partial charge in [0.05, 0.1) is 7.11 Å². The van der Waals surface area contributed by atoms with Gasteiger partial charge in [-0.25, -0.2) is 14.0 Å². The maximum absolute atomic E-state index is 13.0. The minimum Gasteiger partial charge on any atom is -0.466 e. The van der Waals surface area contributed by atoms with Crippen LogP contribution in [-0.4, -0.2) is 49.3 Å². The lowest BCUT2D eigenvalue weighted by molar-refractivity contribution is -0.134. The normalized spacial score (nSPS) is 11.6. The smallest absolute Gasteiger partial charge is 0.407 e. The van der Waals surface area contributed by atoms with Crippen LogP contribution in [-0.2, 0) is 20.8 Å². The number of ether oxygens (including phenoxy) is 2. The van der Waals surface area contributed by atoms with Crippen molar-refractivity contribution in [2.45, 2.75) is 32.9 Å². The van der Waals surface area contributed by atoms with Crippen LogP contribution >= 0.6 is 0 Å². The maximum atomic E-state index is 13.0. The molecule has 26 heavy (non-hydrogen) atoms. The molecule has 0 atom stereocenters. The average molecular weight is 366 g/mol. The molecule has 144 valence electrons. The molecular weight excluding hydrogens is 339 g/mol. The summed E-state index contributed by atoms with van der Waals surface area (Å²) in [6, 6.07) is 6.20. The summed E-state index contributed by atoms with van der Waals surface area (Å²) < 4.78 is 22.8. The van der Waals surface area contributed by atoms with Gasteiger partial charge in [-0.2, -0.15) is 0 Å². The van der Waals surface area contributed by atoms with Crippen LogP contribution in [0.1, 0.15) is 26.3 Å². The van der Waals surface area contributed by atoms with E-state index in [2.05, 4.69) is 10.1 Å². The number of esters is 1. The zero-order valence-corrected chi connectivity index (χ0v) is 15.8. The van der Waals surface area contributed by atoms with Crippen molar-refractivity contribution < 1.29 is 23.5 Å². The zero-order chi connectivity index (χ0) is 19.6. The third-order valence-electron chi connectivity index (χ3n) is 3.23. The first kappa shape index (κ1) is 21.6. The lowest BCUT2D eigenvalue weighted by Crippen LogP contribution is -2.38. The van der Waals surface area contributed by atoms with Gasteiger partial charge in [0.15, 0.2) is 0 Å². The molecule has 0 aliphatic rings. The number of benzene rings is 1. The summed E-state index contributed by atoms with van der Waals surface area (Å²) in [5.74, 6) is -0.726. The lowest BCUT2D eigenvalue weighted by atomic mass is 10.2. The Bertz CT molecular complexity index is 609. The highest BCUT2D eigenvalue weighted by Gasteiger charge is 2.16. The van der Waals surface area contributed by atoms with E-state index in [0.29, 0.717) is 26.2 Å². The highest BCUT2D eigenvalue weighted by Crippen LogP contribution is 2.08. The average Bonchev–Trinajstić information content (AvgIpc) is 2.54. The predicted molar refractivity (Wildman–Crippen MR) is 97.1 cm³/mol. The number of alkyl carbamates (subject to hydrolysis) is 1. The summed E-state index contributed by atoms with van der Waals surface area (Å²) in [5, 5.41) is 2.70. The number of methoxy groups -OCH3 is 1. The fraction of sp³-hybridized carbons (Fsp3) is 0.474. The van der Waals surface area contributed by atoms with E-state index in [1.54, 1.807) is 39.0 Å². The van der Waals surface area contributed by atoms with Gasteiger partial charge in [0.1, 0.15) is 11.4 Å². The zero-order valence-electron chi connectivity index (χ0n) is 15.8. The first-order valence-electron chi connectivity index (χ1n) is 8.38. The van der Waals surface area contributed by atoms with E-state index in [4.69, 9.17) is 4.74 Å². The molecule has 0 fully saturated rings. The summed E-state index contributed by atoms with van der Waals surface area (Å²) in [6.07, 6.45) is 2.55. The molecule has 0 radical (unpaired) electrons. The Morgan fingerprint density at radius 2 is 1.88 bits per heavy atom. The quantitative estimate of drug-likeness (QED) is 0.566. The standard InChI is InChI=1S/C19H27FN2O4/c1-19(2,3)26-18(24)21-11-13-22(12-5-6-17(23)25-4)14-15-7-9-16(20)10-8-15/h5-10H,11-14H2,1-4H3,(H,21,24). The molecule has 6 nitrogen and oxygen atoms in total. The van der Waals surface area contributed by atoms with E-state index >= 15 is 0 Å². The van der Waals surface area contributed by atoms with Gasteiger partial charge in [-0.1, -0.05) is 18.2 Å². The van der Waals surface area contributed by atoms with E-state index in [0.717, 1.165) is 5.56 Å². The van der Waals surface area contributed by atoms with Crippen LogP contribution in [0, 0.1) is 5.82 Å². The van der Waals surface area contributed by atoms with Crippen LogP contribution in [0.25, 0.3) is 0 Å². The molecule has 0 bridgehead atoms. The van der Waals surface area contributed by atoms with Gasteiger partial charge in [0, 0.05) is 32.3 Å². The molecule has 1 aromatic carbocycles. The van der Waals surface area contributed by atoms with Gasteiger partial charge in [0.25, 0.3) is 0 Å². The predicted octanol–water partition coefficient (Wildman–Crippen LogP) is 2.88. The van der Waals surface area contributed by atoms with Crippen molar-refractivity contribution >= 4 is 12.1 Å². The molecule has 1 rings (SSSR count). The van der Waals surface area contributed by atoms with Crippen LogP contribution in [0.5, 0.6) is 0 Å². The molecule has 0 saturated heterocycles. The summed E-state index contributed by atoms with van der Waals surface area (Å²) >= 11 is 0. The Hall–Kier alpha value is -2.41. The Morgan fingerprint density at radius 1 is 1.23 bits per heavy atom. The number of hydrogen-bond acceptors (Lipinski definition) is 5. The molecule has 0 saturated carbocycles. The molecule has 0 aliphatic carbocycles. The number of nitrogens with zero attached hydrogens (tertiary/aromatic N) is 1. The van der Waals surface area contributed by atoms with E-state index in [1.807, 2.05) is 4.90 Å². The van der Waals surface area contributed by atoms with Gasteiger partial charge < -0.3 is 14.8 Å². The second-order valence-electron chi connectivity index (χ2n) is 6.72. The molecule has 0 aromatic heterocycles. The molecule has 0 heterocycles. The van der Waals surface area contributed by atoms with Gasteiger partial charge >= 0.3 is 12.1 Å². The van der Waals surface area contributed by atoms with Gasteiger partial charge in [-0.15, -0.1) is 0 Å². The van der Waals surface area contributed by atoms with Crippen LogP contribution in [0.15, 0.2) is 36.4 Å². The van der Waals surface area contributed by atoms with Gasteiger partial charge in [-0.05, 0) is 38.5 Å². The number of rotatable bonds is 8. The topological polar surface area (TPSA) is 67.9 Å². The molecular formula is C19H27FN2O4. The minimum atomic E-state index is -0.554. The fourth-order valence-corrected chi connectivity index (χ4v) is 2.08. The van der Waals surface area contributed by atoms with Crippen molar-refractivity contribution in [3.8, 4) is 0 Å². The minimum absolute atomic E-state index is 0.294. The second kappa shape index (κ2) is 10.6. The maximum Gasteiger partial charge on any atom is 0.407 e. The van der Waals surface area contributed by atoms with Crippen molar-refractivity contribution in [3.63, 3.8) is 0 Å². The summed E-state index contributed by atoms with van der Waals surface area (Å²) in [6.45, 7) is 7.32. The summed E-state index contributed by atoms with van der Waals surface area (Å²) in [5.41, 5.74) is 0.372. The van der Waals surface area contributed by atoms with Crippen molar-refractivity contribution in [2.24, 2.45) is 0 Å². The molecule has 0 aliphatic heterocycles. The number of carbonyl (C=O) groups is 2. The third-order valence-corrected chi connectivity index (χ3v) is 3.23. The number of hydrogen-bond donors (Lipinski definition) is 1. The van der Waals surface area contributed by atoms with E-state index in [1.165, 1.54) is 25.3 Å². The summed E-state index contributed by atoms with van der Waals surface area (Å²) in [4.78, 5) is 24.9. The lowest BCUT2D eigenvalue weighted by Gasteiger charge is -2.23. The van der Waals surface area contributed by atoms with Crippen LogP contribution in [0.4, 0.5) is 9.18 Å². The Kier molecular flexibility index (Phi) is 8.78. The largest absolute Gasteiger partial charge is 0.466 e. The molecule has 1 amide bonds. The van der Waals surface area contributed by atoms with Gasteiger partial charge in [-0.3, -0.25) is 4.90 Å². The van der Waals surface area contributed by atoms with Crippen LogP contribution in [0.3, 0.4) is 0 Å². The Morgan fingerprint density at radius 3 is 2.46 bits per heavy atom. The first-order valence-corrected chi connectivity index (χ1v) is 8.38. The van der Waals surface area contributed by atoms with Crippen molar-refractivity contribution in [2.75, 3.05) is 26.7 Å². The van der Waals surface area contributed by atoms with Crippen LogP contribution in [0.2, 0.25) is 0 Å². The Balaban J connectivity index is 2.59. The molecule has 1 aromatic rings. The summed E-state index contributed by atoms with van der Waals surface area (Å²) in [7, 11) is 1.31. The number of amides is 1.